The van der Waals surface area contributed by atoms with Crippen LogP contribution in [0.3, 0.4) is 0 Å². The Kier molecular flexibility index (Phi) is 3.20. The van der Waals surface area contributed by atoms with E-state index < -0.39 is 0 Å². The van der Waals surface area contributed by atoms with Crippen molar-refractivity contribution in [1.29, 1.82) is 0 Å². The van der Waals surface area contributed by atoms with Gasteiger partial charge in [-0.15, -0.1) is 0 Å². The summed E-state index contributed by atoms with van der Waals surface area (Å²) in [6.45, 7) is 2.35. The number of hydrogen-bond acceptors (Lipinski definition) is 3. The number of benzene rings is 1. The van der Waals surface area contributed by atoms with Gasteiger partial charge in [0.05, 0.1) is 0 Å². The lowest BCUT2D eigenvalue weighted by Crippen LogP contribution is -2.12. The van der Waals surface area contributed by atoms with Crippen LogP contribution in [0.2, 0.25) is 0 Å². The number of nitrogens with zero attached hydrogens (tertiary/aromatic N) is 1. The van der Waals surface area contributed by atoms with Crippen LogP contribution in [-0.4, -0.2) is 16.1 Å². The highest BCUT2D eigenvalue weighted by Crippen LogP contribution is 2.08. The molecule has 0 atom stereocenters. The predicted molar refractivity (Wildman–Crippen MR) is 65.6 cm³/mol. The standard InChI is InChI=1S/C12H14N4O/c1-8-6-11(16-15-8)14-12(17)10-4-2-9(7-13)3-5-10/h2-6H,7,13H2,1H3,(H2,14,15,16,17). The van der Waals surface area contributed by atoms with Crippen molar-refractivity contribution in [3.05, 3.63) is 47.2 Å². The Bertz CT molecular complexity index is 516. The molecule has 0 aliphatic heterocycles. The molecule has 2 rings (SSSR count). The Labute approximate surface area is 99.0 Å². The lowest BCUT2D eigenvalue weighted by molar-refractivity contribution is 0.102. The van der Waals surface area contributed by atoms with Crippen LogP contribution in [0.4, 0.5) is 5.82 Å². The van der Waals surface area contributed by atoms with Crippen molar-refractivity contribution in [2.24, 2.45) is 5.73 Å². The van der Waals surface area contributed by atoms with Crippen molar-refractivity contribution in [2.45, 2.75) is 13.5 Å². The second kappa shape index (κ2) is 4.80. The first-order valence-corrected chi connectivity index (χ1v) is 5.31. The van der Waals surface area contributed by atoms with Gasteiger partial charge in [0.2, 0.25) is 0 Å². The van der Waals surface area contributed by atoms with Crippen molar-refractivity contribution in [3.8, 4) is 0 Å². The molecule has 4 N–H and O–H groups in total. The van der Waals surface area contributed by atoms with Crippen molar-refractivity contribution < 1.29 is 4.79 Å². The van der Waals surface area contributed by atoms with Gasteiger partial charge in [-0.25, -0.2) is 0 Å². The number of rotatable bonds is 3. The van der Waals surface area contributed by atoms with Crippen molar-refractivity contribution >= 4 is 11.7 Å². The van der Waals surface area contributed by atoms with Crippen molar-refractivity contribution in [1.82, 2.24) is 10.2 Å². The monoisotopic (exact) mass is 230 g/mol. The molecule has 1 heterocycles. The molecule has 5 heteroatoms. The molecule has 17 heavy (non-hydrogen) atoms. The third-order valence-electron chi connectivity index (χ3n) is 2.40. The molecular formula is C12H14N4O. The van der Waals surface area contributed by atoms with Gasteiger partial charge in [0.25, 0.3) is 5.91 Å². The summed E-state index contributed by atoms with van der Waals surface area (Å²) in [4.78, 5) is 11.8. The minimum atomic E-state index is -0.180. The number of aryl methyl sites for hydroxylation is 1. The Balaban J connectivity index is 2.09. The van der Waals surface area contributed by atoms with E-state index in [1.165, 1.54) is 0 Å². The molecule has 0 bridgehead atoms. The minimum absolute atomic E-state index is 0.180. The maximum atomic E-state index is 11.8. The van der Waals surface area contributed by atoms with Crippen molar-refractivity contribution in [3.63, 3.8) is 0 Å². The lowest BCUT2D eigenvalue weighted by Gasteiger charge is -2.02. The van der Waals surface area contributed by atoms with Crippen LogP contribution in [0.5, 0.6) is 0 Å². The zero-order valence-electron chi connectivity index (χ0n) is 9.53. The minimum Gasteiger partial charge on any atom is -0.326 e. The number of aromatic amines is 1. The highest BCUT2D eigenvalue weighted by Gasteiger charge is 2.07. The van der Waals surface area contributed by atoms with Gasteiger partial charge in [-0.05, 0) is 24.6 Å². The molecule has 88 valence electrons. The number of anilines is 1. The summed E-state index contributed by atoms with van der Waals surface area (Å²) < 4.78 is 0. The second-order valence-electron chi connectivity index (χ2n) is 3.79. The number of amides is 1. The normalized spacial score (nSPS) is 10.2. The summed E-state index contributed by atoms with van der Waals surface area (Å²) in [6, 6.07) is 8.94. The smallest absolute Gasteiger partial charge is 0.256 e. The molecule has 0 fully saturated rings. The molecule has 0 saturated carbocycles. The van der Waals surface area contributed by atoms with E-state index in [0.717, 1.165) is 11.3 Å². The van der Waals surface area contributed by atoms with Crippen LogP contribution < -0.4 is 11.1 Å². The molecule has 0 radical (unpaired) electrons. The fourth-order valence-electron chi connectivity index (χ4n) is 1.46. The predicted octanol–water partition coefficient (Wildman–Crippen LogP) is 1.43. The summed E-state index contributed by atoms with van der Waals surface area (Å²) in [7, 11) is 0. The van der Waals surface area contributed by atoms with Gasteiger partial charge in [0, 0.05) is 23.9 Å². The van der Waals surface area contributed by atoms with E-state index in [-0.39, 0.29) is 5.91 Å². The lowest BCUT2D eigenvalue weighted by atomic mass is 10.1. The van der Waals surface area contributed by atoms with Crippen LogP contribution in [-0.2, 0) is 6.54 Å². The van der Waals surface area contributed by atoms with Crippen LogP contribution in [0.15, 0.2) is 30.3 Å². The number of carbonyl (C=O) groups is 1. The molecule has 0 saturated heterocycles. The van der Waals surface area contributed by atoms with Gasteiger partial charge in [0.1, 0.15) is 0 Å². The fourth-order valence-corrected chi connectivity index (χ4v) is 1.46. The summed E-state index contributed by atoms with van der Waals surface area (Å²) in [6.07, 6.45) is 0. The molecule has 1 aromatic carbocycles. The molecule has 2 aromatic rings. The maximum absolute atomic E-state index is 11.8. The SMILES string of the molecule is Cc1cc(NC(=O)c2ccc(CN)cc2)n[nH]1. The first kappa shape index (κ1) is 11.3. The topological polar surface area (TPSA) is 83.8 Å². The van der Waals surface area contributed by atoms with E-state index in [9.17, 15) is 4.79 Å². The zero-order valence-corrected chi connectivity index (χ0v) is 9.53. The summed E-state index contributed by atoms with van der Waals surface area (Å²) in [5.41, 5.74) is 7.97. The summed E-state index contributed by atoms with van der Waals surface area (Å²) in [5, 5.41) is 9.40. The van der Waals surface area contributed by atoms with Crippen molar-refractivity contribution in [2.75, 3.05) is 5.32 Å². The summed E-state index contributed by atoms with van der Waals surface area (Å²) >= 11 is 0. The first-order valence-electron chi connectivity index (χ1n) is 5.31. The van der Waals surface area contributed by atoms with Crippen LogP contribution in [0.1, 0.15) is 21.6 Å². The number of carbonyl (C=O) groups excluding carboxylic acids is 1. The Hall–Kier alpha value is -2.14. The van der Waals surface area contributed by atoms with E-state index >= 15 is 0 Å². The van der Waals surface area contributed by atoms with Gasteiger partial charge >= 0.3 is 0 Å². The number of aromatic nitrogens is 2. The zero-order chi connectivity index (χ0) is 12.3. The molecule has 0 aliphatic rings. The highest BCUT2D eigenvalue weighted by molar-refractivity contribution is 6.03. The van der Waals surface area contributed by atoms with Gasteiger partial charge in [-0.1, -0.05) is 12.1 Å². The molecule has 0 spiro atoms. The Morgan fingerprint density at radius 3 is 2.65 bits per heavy atom. The van der Waals surface area contributed by atoms with Crippen LogP contribution in [0, 0.1) is 6.92 Å². The molecule has 0 aliphatic carbocycles. The third kappa shape index (κ3) is 2.70. The Morgan fingerprint density at radius 2 is 2.12 bits per heavy atom. The molecular weight excluding hydrogens is 216 g/mol. The molecule has 0 unspecified atom stereocenters. The van der Waals surface area contributed by atoms with Gasteiger partial charge in [-0.3, -0.25) is 9.89 Å². The first-order chi connectivity index (χ1) is 8.19. The van der Waals surface area contributed by atoms with Gasteiger partial charge in [0.15, 0.2) is 5.82 Å². The number of hydrogen-bond donors (Lipinski definition) is 3. The molecule has 5 nitrogen and oxygen atoms in total. The number of nitrogens with one attached hydrogen (secondary N) is 2. The number of H-pyrrole nitrogens is 1. The second-order valence-corrected chi connectivity index (χ2v) is 3.79. The van der Waals surface area contributed by atoms with Crippen LogP contribution in [0.25, 0.3) is 0 Å². The quantitative estimate of drug-likeness (QED) is 0.745. The molecule has 1 amide bonds. The maximum Gasteiger partial charge on any atom is 0.256 e. The summed E-state index contributed by atoms with van der Waals surface area (Å²) in [5.74, 6) is 0.343. The van der Waals surface area contributed by atoms with Crippen LogP contribution >= 0.6 is 0 Å². The average Bonchev–Trinajstić information content (AvgIpc) is 2.75. The van der Waals surface area contributed by atoms with E-state index in [1.54, 1.807) is 18.2 Å². The fraction of sp³-hybridized carbons (Fsp3) is 0.167. The average molecular weight is 230 g/mol. The number of nitrogens with two attached hydrogens (primary N) is 1. The van der Waals surface area contributed by atoms with E-state index in [4.69, 9.17) is 5.73 Å². The van der Waals surface area contributed by atoms with E-state index in [1.807, 2.05) is 19.1 Å². The third-order valence-corrected chi connectivity index (χ3v) is 2.40. The Morgan fingerprint density at radius 1 is 1.41 bits per heavy atom. The van der Waals surface area contributed by atoms with Gasteiger partial charge in [-0.2, -0.15) is 5.10 Å². The van der Waals surface area contributed by atoms with E-state index in [2.05, 4.69) is 15.5 Å². The highest BCUT2D eigenvalue weighted by atomic mass is 16.1. The van der Waals surface area contributed by atoms with Gasteiger partial charge < -0.3 is 11.1 Å². The van der Waals surface area contributed by atoms with E-state index in [0.29, 0.717) is 17.9 Å². The molecule has 1 aromatic heterocycles. The largest absolute Gasteiger partial charge is 0.326 e.